The van der Waals surface area contributed by atoms with Crippen LogP contribution >= 0.6 is 0 Å². The molecule has 2 aromatic carbocycles. The number of halogens is 1. The third kappa shape index (κ3) is 4.35. The Kier molecular flexibility index (Phi) is 5.80. The lowest BCUT2D eigenvalue weighted by atomic mass is 10.2. The molecule has 4 rings (SSSR count). The summed E-state index contributed by atoms with van der Waals surface area (Å²) in [6.45, 7) is 5.13. The van der Waals surface area contributed by atoms with Crippen molar-refractivity contribution in [2.24, 2.45) is 0 Å². The molecule has 1 fully saturated rings. The van der Waals surface area contributed by atoms with Crippen LogP contribution in [0.5, 0.6) is 0 Å². The second-order valence-corrected chi connectivity index (χ2v) is 7.44. The first-order valence-corrected chi connectivity index (χ1v) is 10.0. The topological polar surface area (TPSA) is 84.8 Å². The Balaban J connectivity index is 1.26. The molecule has 0 bridgehead atoms. The third-order valence-electron chi connectivity index (χ3n) is 5.53. The number of nitro benzene ring substituents is 1. The number of hydrogen-bond acceptors (Lipinski definition) is 6. The fraction of sp³-hybridized carbons (Fsp3) is 0.381. The molecule has 1 aliphatic heterocycles. The van der Waals surface area contributed by atoms with Crippen LogP contribution in [-0.4, -0.2) is 47.1 Å². The summed E-state index contributed by atoms with van der Waals surface area (Å²) >= 11 is 0. The minimum absolute atomic E-state index is 0.0943. The van der Waals surface area contributed by atoms with E-state index in [9.17, 15) is 19.3 Å². The van der Waals surface area contributed by atoms with Gasteiger partial charge in [0.05, 0.1) is 16.5 Å². The van der Waals surface area contributed by atoms with Gasteiger partial charge < -0.3 is 9.32 Å². The standard InChI is InChI=1S/C21H23FN4O4/c22-16-3-5-17(6-4-16)24-13-11-23(12-14-24)9-1-2-10-25-19-8-7-18(26(28)29)15-20(19)30-21(25)27/h3-8,15H,1-2,9-14H2. The SMILES string of the molecule is O=c1oc2cc([N+](=O)[O-])ccc2n1CCCCN1CCN(c2ccc(F)cc2)CC1. The average molecular weight is 414 g/mol. The molecule has 8 nitrogen and oxygen atoms in total. The first-order valence-electron chi connectivity index (χ1n) is 10.0. The maximum absolute atomic E-state index is 13.1. The second kappa shape index (κ2) is 8.66. The highest BCUT2D eigenvalue weighted by molar-refractivity contribution is 5.75. The monoisotopic (exact) mass is 414 g/mol. The predicted molar refractivity (Wildman–Crippen MR) is 111 cm³/mol. The summed E-state index contributed by atoms with van der Waals surface area (Å²) < 4.78 is 19.8. The number of unbranched alkanes of at least 4 members (excludes halogenated alkanes) is 1. The highest BCUT2D eigenvalue weighted by Gasteiger charge is 2.17. The number of non-ortho nitro benzene ring substituents is 1. The largest absolute Gasteiger partial charge is 0.419 e. The van der Waals surface area contributed by atoms with Crippen molar-refractivity contribution in [3.8, 4) is 0 Å². The quantitative estimate of drug-likeness (QED) is 0.335. The van der Waals surface area contributed by atoms with Crippen LogP contribution in [0.2, 0.25) is 0 Å². The van der Waals surface area contributed by atoms with E-state index in [1.165, 1.54) is 28.8 Å². The number of aromatic nitrogens is 1. The Morgan fingerprint density at radius 3 is 2.40 bits per heavy atom. The van der Waals surface area contributed by atoms with Gasteiger partial charge in [-0.25, -0.2) is 9.18 Å². The molecular weight excluding hydrogens is 391 g/mol. The molecule has 0 aliphatic carbocycles. The Morgan fingerprint density at radius 1 is 1.00 bits per heavy atom. The third-order valence-corrected chi connectivity index (χ3v) is 5.53. The van der Waals surface area contributed by atoms with E-state index in [1.807, 2.05) is 12.1 Å². The maximum Gasteiger partial charge on any atom is 0.419 e. The van der Waals surface area contributed by atoms with Gasteiger partial charge in [-0.15, -0.1) is 0 Å². The molecule has 30 heavy (non-hydrogen) atoms. The molecular formula is C21H23FN4O4. The summed E-state index contributed by atoms with van der Waals surface area (Å²) in [4.78, 5) is 27.1. The van der Waals surface area contributed by atoms with E-state index < -0.39 is 10.7 Å². The van der Waals surface area contributed by atoms with Crippen molar-refractivity contribution in [1.29, 1.82) is 0 Å². The molecule has 1 aliphatic rings. The molecule has 0 saturated carbocycles. The van der Waals surface area contributed by atoms with E-state index in [1.54, 1.807) is 6.07 Å². The minimum atomic E-state index is -0.507. The van der Waals surface area contributed by atoms with Crippen LogP contribution in [0, 0.1) is 15.9 Å². The molecule has 1 aromatic heterocycles. The summed E-state index contributed by atoms with van der Waals surface area (Å²) in [5.41, 5.74) is 1.77. The number of piperazine rings is 1. The molecule has 1 saturated heterocycles. The van der Waals surface area contributed by atoms with Crippen molar-refractivity contribution in [1.82, 2.24) is 9.47 Å². The van der Waals surface area contributed by atoms with Crippen molar-refractivity contribution in [2.75, 3.05) is 37.6 Å². The number of anilines is 1. The zero-order valence-corrected chi connectivity index (χ0v) is 16.5. The van der Waals surface area contributed by atoms with Gasteiger partial charge >= 0.3 is 5.76 Å². The Morgan fingerprint density at radius 2 is 1.70 bits per heavy atom. The molecule has 0 unspecified atom stereocenters. The van der Waals surface area contributed by atoms with E-state index in [-0.39, 0.29) is 17.1 Å². The Bertz CT molecular complexity index is 1080. The first kappa shape index (κ1) is 20.1. The zero-order chi connectivity index (χ0) is 21.1. The van der Waals surface area contributed by atoms with Crippen LogP contribution in [0.4, 0.5) is 15.8 Å². The molecule has 0 N–H and O–H groups in total. The van der Waals surface area contributed by atoms with Crippen LogP contribution < -0.4 is 10.7 Å². The average Bonchev–Trinajstić information content (AvgIpc) is 3.06. The van der Waals surface area contributed by atoms with Gasteiger partial charge in [-0.1, -0.05) is 0 Å². The molecule has 0 radical (unpaired) electrons. The smallest absolute Gasteiger partial charge is 0.407 e. The van der Waals surface area contributed by atoms with Crippen LogP contribution in [0.3, 0.4) is 0 Å². The van der Waals surface area contributed by atoms with E-state index in [2.05, 4.69) is 9.80 Å². The molecule has 2 heterocycles. The van der Waals surface area contributed by atoms with Crippen LogP contribution in [0.15, 0.2) is 51.7 Å². The van der Waals surface area contributed by atoms with E-state index in [4.69, 9.17) is 4.42 Å². The highest BCUT2D eigenvalue weighted by atomic mass is 19.1. The maximum atomic E-state index is 13.1. The van der Waals surface area contributed by atoms with Gasteiger partial charge in [-0.05, 0) is 49.7 Å². The summed E-state index contributed by atoms with van der Waals surface area (Å²) in [6.07, 6.45) is 1.74. The summed E-state index contributed by atoms with van der Waals surface area (Å²) in [5, 5.41) is 10.9. The van der Waals surface area contributed by atoms with Gasteiger partial charge in [0.25, 0.3) is 5.69 Å². The molecule has 0 spiro atoms. The number of fused-ring (bicyclic) bond motifs is 1. The summed E-state index contributed by atoms with van der Waals surface area (Å²) in [5.74, 6) is -0.710. The summed E-state index contributed by atoms with van der Waals surface area (Å²) in [6, 6.07) is 10.8. The highest BCUT2D eigenvalue weighted by Crippen LogP contribution is 2.21. The lowest BCUT2D eigenvalue weighted by molar-refractivity contribution is -0.384. The number of hydrogen-bond donors (Lipinski definition) is 0. The molecule has 0 amide bonds. The number of nitrogens with zero attached hydrogens (tertiary/aromatic N) is 4. The summed E-state index contributed by atoms with van der Waals surface area (Å²) in [7, 11) is 0. The normalized spacial score (nSPS) is 15.0. The Hall–Kier alpha value is -3.20. The fourth-order valence-electron chi connectivity index (χ4n) is 3.87. The van der Waals surface area contributed by atoms with Crippen molar-refractivity contribution in [3.63, 3.8) is 0 Å². The molecule has 158 valence electrons. The van der Waals surface area contributed by atoms with Gasteiger partial charge in [0.2, 0.25) is 0 Å². The number of benzene rings is 2. The van der Waals surface area contributed by atoms with Gasteiger partial charge in [-0.3, -0.25) is 19.6 Å². The second-order valence-electron chi connectivity index (χ2n) is 7.44. The number of rotatable bonds is 7. The van der Waals surface area contributed by atoms with E-state index >= 15 is 0 Å². The van der Waals surface area contributed by atoms with Gasteiger partial charge in [0.1, 0.15) is 5.82 Å². The van der Waals surface area contributed by atoms with Crippen molar-refractivity contribution < 1.29 is 13.7 Å². The van der Waals surface area contributed by atoms with Gasteiger partial charge in [-0.2, -0.15) is 0 Å². The van der Waals surface area contributed by atoms with Crippen molar-refractivity contribution >= 4 is 22.5 Å². The van der Waals surface area contributed by atoms with Gasteiger partial charge in [0.15, 0.2) is 5.58 Å². The number of nitro groups is 1. The van der Waals surface area contributed by atoms with E-state index in [0.29, 0.717) is 12.1 Å². The van der Waals surface area contributed by atoms with Crippen molar-refractivity contribution in [3.05, 3.63) is 68.9 Å². The first-order chi connectivity index (χ1) is 14.5. The fourth-order valence-corrected chi connectivity index (χ4v) is 3.87. The van der Waals surface area contributed by atoms with E-state index in [0.717, 1.165) is 51.3 Å². The van der Waals surface area contributed by atoms with Gasteiger partial charge in [0, 0.05) is 44.5 Å². The molecule has 9 heteroatoms. The lowest BCUT2D eigenvalue weighted by Gasteiger charge is -2.36. The molecule has 3 aromatic rings. The zero-order valence-electron chi connectivity index (χ0n) is 16.5. The predicted octanol–water partition coefficient (Wildman–Crippen LogP) is 3.24. The minimum Gasteiger partial charge on any atom is -0.407 e. The number of aryl methyl sites for hydroxylation is 1. The van der Waals surface area contributed by atoms with Crippen LogP contribution in [0.1, 0.15) is 12.8 Å². The Labute approximate surface area is 172 Å². The molecule has 0 atom stereocenters. The van der Waals surface area contributed by atoms with Crippen LogP contribution in [0.25, 0.3) is 11.1 Å². The lowest BCUT2D eigenvalue weighted by Crippen LogP contribution is -2.46. The van der Waals surface area contributed by atoms with Crippen molar-refractivity contribution in [2.45, 2.75) is 19.4 Å². The number of oxazole rings is 1. The van der Waals surface area contributed by atoms with Crippen LogP contribution in [-0.2, 0) is 6.54 Å².